The zero-order valence-corrected chi connectivity index (χ0v) is 16.2. The molecule has 3 rings (SSSR count). The Labute approximate surface area is 168 Å². The topological polar surface area (TPSA) is 75.7 Å². The van der Waals surface area contributed by atoms with Crippen molar-refractivity contribution < 1.29 is 23.5 Å². The van der Waals surface area contributed by atoms with Crippen LogP contribution in [0.15, 0.2) is 48.5 Å². The molecule has 1 heterocycles. The molecule has 6 nitrogen and oxygen atoms in total. The van der Waals surface area contributed by atoms with Crippen LogP contribution in [0.1, 0.15) is 29.3 Å². The van der Waals surface area contributed by atoms with Crippen LogP contribution in [0.3, 0.4) is 0 Å². The summed E-state index contributed by atoms with van der Waals surface area (Å²) >= 11 is 0. The van der Waals surface area contributed by atoms with Crippen LogP contribution in [0.2, 0.25) is 0 Å². The van der Waals surface area contributed by atoms with Gasteiger partial charge in [-0.1, -0.05) is 18.2 Å². The summed E-state index contributed by atoms with van der Waals surface area (Å²) in [5, 5.41) is 2.78. The van der Waals surface area contributed by atoms with Crippen molar-refractivity contribution in [2.45, 2.75) is 19.8 Å². The highest BCUT2D eigenvalue weighted by Crippen LogP contribution is 2.21. The minimum atomic E-state index is -0.465. The summed E-state index contributed by atoms with van der Waals surface area (Å²) < 4.78 is 18.7. The Morgan fingerprint density at radius 2 is 1.90 bits per heavy atom. The second kappa shape index (κ2) is 9.32. The SMILES string of the molecule is CCOC(=O)c1ccc(NC(=O)C2CC(=O)N(CCc3ccccc3F)C2)cc1. The van der Waals surface area contributed by atoms with Gasteiger partial charge in [0.25, 0.3) is 0 Å². The molecule has 1 N–H and O–H groups in total. The van der Waals surface area contributed by atoms with Crippen LogP contribution in [0.4, 0.5) is 10.1 Å². The van der Waals surface area contributed by atoms with Crippen molar-refractivity contribution in [3.8, 4) is 0 Å². The minimum Gasteiger partial charge on any atom is -0.462 e. The summed E-state index contributed by atoms with van der Waals surface area (Å²) in [5.41, 5.74) is 1.50. The molecule has 1 fully saturated rings. The lowest BCUT2D eigenvalue weighted by atomic mass is 10.1. The molecule has 1 atom stereocenters. The normalized spacial score (nSPS) is 16.0. The lowest BCUT2D eigenvalue weighted by Crippen LogP contribution is -2.30. The minimum absolute atomic E-state index is 0.112. The summed E-state index contributed by atoms with van der Waals surface area (Å²) in [6.07, 6.45) is 0.534. The number of likely N-dealkylation sites (tertiary alicyclic amines) is 1. The predicted molar refractivity (Wildman–Crippen MR) is 106 cm³/mol. The number of amides is 2. The van der Waals surface area contributed by atoms with E-state index in [0.29, 0.717) is 42.9 Å². The van der Waals surface area contributed by atoms with Gasteiger partial charge >= 0.3 is 5.97 Å². The first-order valence-electron chi connectivity index (χ1n) is 9.57. The van der Waals surface area contributed by atoms with E-state index in [1.165, 1.54) is 6.07 Å². The fourth-order valence-corrected chi connectivity index (χ4v) is 3.27. The average Bonchev–Trinajstić information content (AvgIpc) is 3.09. The van der Waals surface area contributed by atoms with Crippen molar-refractivity contribution >= 4 is 23.5 Å². The molecule has 0 saturated carbocycles. The molecule has 0 aromatic heterocycles. The van der Waals surface area contributed by atoms with Gasteiger partial charge < -0.3 is 15.0 Å². The second-order valence-electron chi connectivity index (χ2n) is 6.87. The maximum Gasteiger partial charge on any atom is 0.338 e. The number of nitrogens with one attached hydrogen (secondary N) is 1. The van der Waals surface area contributed by atoms with Crippen molar-refractivity contribution in [3.05, 3.63) is 65.5 Å². The monoisotopic (exact) mass is 398 g/mol. The zero-order valence-electron chi connectivity index (χ0n) is 16.2. The fraction of sp³-hybridized carbons (Fsp3) is 0.318. The van der Waals surface area contributed by atoms with Gasteiger partial charge in [0.15, 0.2) is 0 Å². The molecule has 0 spiro atoms. The molecule has 2 aromatic rings. The lowest BCUT2D eigenvalue weighted by Gasteiger charge is -2.17. The van der Waals surface area contributed by atoms with E-state index in [2.05, 4.69) is 5.32 Å². The molecule has 0 aliphatic carbocycles. The van der Waals surface area contributed by atoms with Gasteiger partial charge in [-0.05, 0) is 49.2 Å². The number of carbonyl (C=O) groups excluding carboxylic acids is 3. The quantitative estimate of drug-likeness (QED) is 0.728. The van der Waals surface area contributed by atoms with Crippen LogP contribution in [-0.4, -0.2) is 42.4 Å². The van der Waals surface area contributed by atoms with Crippen LogP contribution in [0, 0.1) is 11.7 Å². The van der Waals surface area contributed by atoms with Gasteiger partial charge in [0.05, 0.1) is 18.1 Å². The predicted octanol–water partition coefficient (Wildman–Crippen LogP) is 3.03. The number of hydrogen-bond donors (Lipinski definition) is 1. The van der Waals surface area contributed by atoms with Gasteiger partial charge in [-0.25, -0.2) is 9.18 Å². The lowest BCUT2D eigenvalue weighted by molar-refractivity contribution is -0.128. The molecule has 2 amide bonds. The smallest absolute Gasteiger partial charge is 0.338 e. The molecule has 2 aromatic carbocycles. The average molecular weight is 398 g/mol. The number of benzene rings is 2. The standard InChI is InChI=1S/C22H23FN2O4/c1-2-29-22(28)16-7-9-18(10-8-16)24-21(27)17-13-20(26)25(14-17)12-11-15-5-3-4-6-19(15)23/h3-10,17H,2,11-14H2,1H3,(H,24,27). The molecule has 29 heavy (non-hydrogen) atoms. The van der Waals surface area contributed by atoms with E-state index in [4.69, 9.17) is 4.74 Å². The van der Waals surface area contributed by atoms with Crippen LogP contribution in [0.25, 0.3) is 0 Å². The number of ether oxygens (including phenoxy) is 1. The van der Waals surface area contributed by atoms with E-state index < -0.39 is 11.9 Å². The Morgan fingerprint density at radius 1 is 1.17 bits per heavy atom. The van der Waals surface area contributed by atoms with E-state index in [1.54, 1.807) is 54.3 Å². The Kier molecular flexibility index (Phi) is 6.59. The molecule has 1 unspecified atom stereocenters. The number of nitrogens with zero attached hydrogens (tertiary/aromatic N) is 1. The van der Waals surface area contributed by atoms with E-state index >= 15 is 0 Å². The molecular formula is C22H23FN2O4. The third-order valence-electron chi connectivity index (χ3n) is 4.86. The fourth-order valence-electron chi connectivity index (χ4n) is 3.27. The van der Waals surface area contributed by atoms with Gasteiger partial charge in [0.2, 0.25) is 11.8 Å². The van der Waals surface area contributed by atoms with Crippen molar-refractivity contribution in [2.24, 2.45) is 5.92 Å². The molecule has 0 bridgehead atoms. The number of esters is 1. The van der Waals surface area contributed by atoms with Crippen LogP contribution >= 0.6 is 0 Å². The Hall–Kier alpha value is -3.22. The number of anilines is 1. The molecule has 1 aliphatic rings. The maximum absolute atomic E-state index is 13.7. The van der Waals surface area contributed by atoms with Crippen molar-refractivity contribution in [1.29, 1.82) is 0 Å². The molecule has 7 heteroatoms. The van der Waals surface area contributed by atoms with E-state index in [1.807, 2.05) is 0 Å². The van der Waals surface area contributed by atoms with E-state index in [9.17, 15) is 18.8 Å². The first kappa shape index (κ1) is 20.5. The number of hydrogen-bond acceptors (Lipinski definition) is 4. The summed E-state index contributed by atoms with van der Waals surface area (Å²) in [6.45, 7) is 2.70. The van der Waals surface area contributed by atoms with Crippen LogP contribution in [-0.2, 0) is 20.7 Å². The Bertz CT molecular complexity index is 898. The van der Waals surface area contributed by atoms with Gasteiger partial charge in [-0.2, -0.15) is 0 Å². The van der Waals surface area contributed by atoms with Gasteiger partial charge in [-0.15, -0.1) is 0 Å². The summed E-state index contributed by atoms with van der Waals surface area (Å²) in [4.78, 5) is 38.0. The van der Waals surface area contributed by atoms with Gasteiger partial charge in [0, 0.05) is 25.2 Å². The first-order chi connectivity index (χ1) is 14.0. The molecule has 1 aliphatic heterocycles. The van der Waals surface area contributed by atoms with E-state index in [-0.39, 0.29) is 24.1 Å². The zero-order chi connectivity index (χ0) is 20.8. The molecule has 1 saturated heterocycles. The highest BCUT2D eigenvalue weighted by atomic mass is 19.1. The molecular weight excluding hydrogens is 375 g/mol. The second-order valence-corrected chi connectivity index (χ2v) is 6.87. The summed E-state index contributed by atoms with van der Waals surface area (Å²) in [6, 6.07) is 12.9. The maximum atomic E-state index is 13.7. The molecule has 0 radical (unpaired) electrons. The number of carbonyl (C=O) groups is 3. The summed E-state index contributed by atoms with van der Waals surface area (Å²) in [5.74, 6) is -1.54. The third kappa shape index (κ3) is 5.19. The highest BCUT2D eigenvalue weighted by Gasteiger charge is 2.34. The van der Waals surface area contributed by atoms with Gasteiger partial charge in [0.1, 0.15) is 5.82 Å². The number of halogens is 1. The highest BCUT2D eigenvalue weighted by molar-refractivity contribution is 5.97. The van der Waals surface area contributed by atoms with Crippen LogP contribution < -0.4 is 5.32 Å². The number of rotatable bonds is 7. The Balaban J connectivity index is 1.53. The molecule has 152 valence electrons. The largest absolute Gasteiger partial charge is 0.462 e. The summed E-state index contributed by atoms with van der Waals surface area (Å²) in [7, 11) is 0. The van der Waals surface area contributed by atoms with Crippen molar-refractivity contribution in [3.63, 3.8) is 0 Å². The van der Waals surface area contributed by atoms with E-state index in [0.717, 1.165) is 0 Å². The van der Waals surface area contributed by atoms with Crippen molar-refractivity contribution in [1.82, 2.24) is 4.90 Å². The van der Waals surface area contributed by atoms with Gasteiger partial charge in [-0.3, -0.25) is 9.59 Å². The first-order valence-corrected chi connectivity index (χ1v) is 9.57. The third-order valence-corrected chi connectivity index (χ3v) is 4.86. The Morgan fingerprint density at radius 3 is 2.59 bits per heavy atom. The van der Waals surface area contributed by atoms with Crippen molar-refractivity contribution in [2.75, 3.05) is 25.0 Å². The van der Waals surface area contributed by atoms with Crippen LogP contribution in [0.5, 0.6) is 0 Å².